The number of allylic oxidation sites excluding steroid dienone is 3. The number of hydrogen-bond donors (Lipinski definition) is 2. The molecule has 28 heavy (non-hydrogen) atoms. The van der Waals surface area contributed by atoms with Crippen molar-refractivity contribution < 1.29 is 13.2 Å². The van der Waals surface area contributed by atoms with Gasteiger partial charge in [0.2, 0.25) is 0 Å². The van der Waals surface area contributed by atoms with E-state index >= 15 is 0 Å². The Balaban J connectivity index is 1.92. The molecule has 1 aliphatic carbocycles. The first-order valence-electron chi connectivity index (χ1n) is 9.21. The molecule has 1 fully saturated rings. The van der Waals surface area contributed by atoms with Crippen LogP contribution in [0.2, 0.25) is 0 Å². The van der Waals surface area contributed by atoms with Crippen molar-refractivity contribution in [1.82, 2.24) is 5.32 Å². The Kier molecular flexibility index (Phi) is 4.84. The van der Waals surface area contributed by atoms with Gasteiger partial charge in [-0.3, -0.25) is 0 Å². The molecule has 3 N–H and O–H groups in total. The molecule has 0 amide bonds. The van der Waals surface area contributed by atoms with Gasteiger partial charge in [0.25, 0.3) is 6.43 Å². The van der Waals surface area contributed by atoms with Crippen molar-refractivity contribution in [3.63, 3.8) is 0 Å². The van der Waals surface area contributed by atoms with Gasteiger partial charge in [-0.2, -0.15) is 5.26 Å². The SMILES string of the molecule is CC1=C(C(F)C(F)F)C(c2csc3c(C#N)cccc23)C(CC2CC2)=C(N)N1. The number of hydrogen-bond acceptors (Lipinski definition) is 4. The highest BCUT2D eigenvalue weighted by Crippen LogP contribution is 2.49. The average molecular weight is 403 g/mol. The quantitative estimate of drug-likeness (QED) is 0.711. The van der Waals surface area contributed by atoms with E-state index in [-0.39, 0.29) is 5.57 Å². The number of halogens is 3. The van der Waals surface area contributed by atoms with Crippen LogP contribution < -0.4 is 11.1 Å². The smallest absolute Gasteiger partial charge is 0.273 e. The van der Waals surface area contributed by atoms with E-state index in [9.17, 15) is 18.4 Å². The first-order chi connectivity index (χ1) is 13.4. The minimum absolute atomic E-state index is 0.0434. The summed E-state index contributed by atoms with van der Waals surface area (Å²) in [5, 5.41) is 15.0. The maximum Gasteiger partial charge on any atom is 0.273 e. The Morgan fingerprint density at radius 2 is 2.07 bits per heavy atom. The van der Waals surface area contributed by atoms with Crippen molar-refractivity contribution in [2.75, 3.05) is 0 Å². The maximum atomic E-state index is 14.7. The second-order valence-electron chi connectivity index (χ2n) is 7.45. The second kappa shape index (κ2) is 7.17. The van der Waals surface area contributed by atoms with Crippen LogP contribution in [0.1, 0.15) is 43.2 Å². The highest BCUT2D eigenvalue weighted by Gasteiger charge is 2.40. The van der Waals surface area contributed by atoms with Gasteiger partial charge in [-0.05, 0) is 60.1 Å². The molecule has 4 rings (SSSR count). The molecule has 2 aliphatic rings. The van der Waals surface area contributed by atoms with Gasteiger partial charge in [0.05, 0.1) is 10.3 Å². The maximum absolute atomic E-state index is 14.7. The van der Waals surface area contributed by atoms with Crippen LogP contribution in [0.4, 0.5) is 13.2 Å². The lowest BCUT2D eigenvalue weighted by Crippen LogP contribution is -2.34. The number of nitrogens with zero attached hydrogens (tertiary/aromatic N) is 1. The van der Waals surface area contributed by atoms with Crippen molar-refractivity contribution in [2.24, 2.45) is 11.7 Å². The van der Waals surface area contributed by atoms with Gasteiger partial charge in [0, 0.05) is 17.2 Å². The topological polar surface area (TPSA) is 61.8 Å². The van der Waals surface area contributed by atoms with E-state index in [1.807, 2.05) is 11.4 Å². The molecule has 0 spiro atoms. The predicted octanol–water partition coefficient (Wildman–Crippen LogP) is 5.31. The summed E-state index contributed by atoms with van der Waals surface area (Å²) in [6, 6.07) is 7.51. The summed E-state index contributed by atoms with van der Waals surface area (Å²) in [5.74, 6) is 0.241. The van der Waals surface area contributed by atoms with Crippen LogP contribution in [-0.2, 0) is 0 Å². The van der Waals surface area contributed by atoms with Crippen LogP contribution in [0.3, 0.4) is 0 Å². The molecule has 1 aliphatic heterocycles. The molecule has 2 aromatic rings. The standard InChI is InChI=1S/C21H20F3N3S/c1-10-16(18(22)20(23)24)17(14(21(26)27-10)7-11-5-6-11)15-9-28-19-12(8-25)3-2-4-13(15)19/h2-4,9,11,17-18,20,27H,5-7,26H2,1H3. The monoisotopic (exact) mass is 403 g/mol. The van der Waals surface area contributed by atoms with E-state index < -0.39 is 18.5 Å². The van der Waals surface area contributed by atoms with Gasteiger partial charge in [-0.1, -0.05) is 12.1 Å². The fourth-order valence-corrected chi connectivity index (χ4v) is 5.08. The van der Waals surface area contributed by atoms with Crippen molar-refractivity contribution >= 4 is 21.4 Å². The third kappa shape index (κ3) is 3.16. The number of thiophene rings is 1. The lowest BCUT2D eigenvalue weighted by Gasteiger charge is -2.33. The minimum Gasteiger partial charge on any atom is -0.385 e. The predicted molar refractivity (Wildman–Crippen MR) is 105 cm³/mol. The number of dihydropyridines is 1. The molecule has 0 saturated heterocycles. The van der Waals surface area contributed by atoms with E-state index in [0.29, 0.717) is 29.4 Å². The second-order valence-corrected chi connectivity index (χ2v) is 8.33. The molecular weight excluding hydrogens is 383 g/mol. The zero-order chi connectivity index (χ0) is 20.0. The van der Waals surface area contributed by atoms with Crippen molar-refractivity contribution in [3.8, 4) is 6.07 Å². The van der Waals surface area contributed by atoms with Crippen molar-refractivity contribution in [1.29, 1.82) is 5.26 Å². The molecule has 0 bridgehead atoms. The van der Waals surface area contributed by atoms with Gasteiger partial charge in [-0.15, -0.1) is 11.3 Å². The molecule has 0 radical (unpaired) electrons. The van der Waals surface area contributed by atoms with Crippen molar-refractivity contribution in [3.05, 3.63) is 57.4 Å². The van der Waals surface area contributed by atoms with Gasteiger partial charge in [0.15, 0.2) is 6.17 Å². The van der Waals surface area contributed by atoms with Gasteiger partial charge in [-0.25, -0.2) is 13.2 Å². The average Bonchev–Trinajstić information content (AvgIpc) is 3.39. The summed E-state index contributed by atoms with van der Waals surface area (Å²) >= 11 is 1.38. The fraction of sp³-hybridized carbons (Fsp3) is 0.381. The molecule has 1 aromatic carbocycles. The lowest BCUT2D eigenvalue weighted by molar-refractivity contribution is 0.0656. The number of rotatable bonds is 5. The first-order valence-corrected chi connectivity index (χ1v) is 10.1. The van der Waals surface area contributed by atoms with Gasteiger partial charge in [0.1, 0.15) is 11.9 Å². The lowest BCUT2D eigenvalue weighted by atomic mass is 9.77. The molecule has 7 heteroatoms. The third-order valence-electron chi connectivity index (χ3n) is 5.55. The van der Waals surface area contributed by atoms with Gasteiger partial charge < -0.3 is 11.1 Å². The van der Waals surface area contributed by atoms with Crippen LogP contribution in [0.25, 0.3) is 10.1 Å². The zero-order valence-corrected chi connectivity index (χ0v) is 16.1. The highest BCUT2D eigenvalue weighted by molar-refractivity contribution is 7.17. The Labute approximate surface area is 165 Å². The third-order valence-corrected chi connectivity index (χ3v) is 6.59. The Morgan fingerprint density at radius 1 is 1.32 bits per heavy atom. The van der Waals surface area contributed by atoms with E-state index in [2.05, 4.69) is 11.4 Å². The molecular formula is C21H20F3N3S. The molecule has 3 nitrogen and oxygen atoms in total. The van der Waals surface area contributed by atoms with Crippen LogP contribution in [0.5, 0.6) is 0 Å². The molecule has 1 aromatic heterocycles. The molecule has 146 valence electrons. The summed E-state index contributed by atoms with van der Waals surface area (Å²) in [7, 11) is 0. The Bertz CT molecular complexity index is 1030. The first kappa shape index (κ1) is 18.9. The minimum atomic E-state index is -3.12. The number of benzene rings is 1. The van der Waals surface area contributed by atoms with Crippen LogP contribution in [-0.4, -0.2) is 12.6 Å². The Hall–Kier alpha value is -2.46. The fourth-order valence-electron chi connectivity index (χ4n) is 4.02. The molecule has 2 heterocycles. The number of nitrogens with one attached hydrogen (secondary N) is 1. The summed E-state index contributed by atoms with van der Waals surface area (Å²) in [4.78, 5) is 0. The van der Waals surface area contributed by atoms with Crippen molar-refractivity contribution in [2.45, 2.75) is 44.7 Å². The number of nitrogens with two attached hydrogens (primary N) is 1. The molecule has 1 saturated carbocycles. The highest BCUT2D eigenvalue weighted by atomic mass is 32.1. The zero-order valence-electron chi connectivity index (χ0n) is 15.3. The molecule has 2 unspecified atom stereocenters. The van der Waals surface area contributed by atoms with Crippen LogP contribution >= 0.6 is 11.3 Å². The van der Waals surface area contributed by atoms with Crippen LogP contribution in [0.15, 0.2) is 46.2 Å². The van der Waals surface area contributed by atoms with E-state index in [0.717, 1.165) is 34.1 Å². The number of fused-ring (bicyclic) bond motifs is 1. The summed E-state index contributed by atoms with van der Waals surface area (Å²) < 4.78 is 42.3. The Morgan fingerprint density at radius 3 is 2.71 bits per heavy atom. The molecule has 2 atom stereocenters. The van der Waals surface area contributed by atoms with Gasteiger partial charge >= 0.3 is 0 Å². The normalized spacial score (nSPS) is 21.2. The van der Waals surface area contributed by atoms with E-state index in [1.54, 1.807) is 19.1 Å². The number of nitriles is 1. The van der Waals surface area contributed by atoms with Crippen LogP contribution in [0, 0.1) is 17.2 Å². The summed E-state index contributed by atoms with van der Waals surface area (Å²) in [6.07, 6.45) is -2.70. The van der Waals surface area contributed by atoms with E-state index in [4.69, 9.17) is 5.73 Å². The summed E-state index contributed by atoms with van der Waals surface area (Å²) in [6.45, 7) is 1.59. The summed E-state index contributed by atoms with van der Waals surface area (Å²) in [5.41, 5.74) is 8.68. The van der Waals surface area contributed by atoms with E-state index in [1.165, 1.54) is 11.3 Å². The largest absolute Gasteiger partial charge is 0.385 e. The number of alkyl halides is 3.